The molecule has 0 spiro atoms. The first-order chi connectivity index (χ1) is 16.9. The minimum Gasteiger partial charge on any atom is -0.493 e. The Morgan fingerprint density at radius 1 is 1.26 bits per heavy atom. The lowest BCUT2D eigenvalue weighted by molar-refractivity contribution is -0.139. The highest BCUT2D eigenvalue weighted by atomic mass is 127. The molecule has 1 saturated heterocycles. The molecule has 3 N–H and O–H groups in total. The largest absolute Gasteiger partial charge is 0.493 e. The van der Waals surface area contributed by atoms with E-state index in [0.717, 1.165) is 12.8 Å². The number of hydrazone groups is 1. The monoisotopic (exact) mass is 614 g/mol. The van der Waals surface area contributed by atoms with Crippen LogP contribution in [0.4, 0.5) is 5.69 Å². The highest BCUT2D eigenvalue weighted by molar-refractivity contribution is 14.1. The molecule has 3 rings (SSSR count). The summed E-state index contributed by atoms with van der Waals surface area (Å²) in [5.41, 5.74) is 3.33. The number of rotatable bonds is 9. The topological polar surface area (TPSA) is 127 Å². The van der Waals surface area contributed by atoms with E-state index in [1.54, 1.807) is 36.4 Å². The van der Waals surface area contributed by atoms with Gasteiger partial charge in [0.25, 0.3) is 5.91 Å². The van der Waals surface area contributed by atoms with E-state index < -0.39 is 11.8 Å². The molecule has 1 fully saturated rings. The third-order valence-corrected chi connectivity index (χ3v) is 5.84. The van der Waals surface area contributed by atoms with Crippen molar-refractivity contribution in [2.24, 2.45) is 5.10 Å². The van der Waals surface area contributed by atoms with Crippen molar-refractivity contribution in [2.75, 3.05) is 32.2 Å². The van der Waals surface area contributed by atoms with E-state index in [-0.39, 0.29) is 25.2 Å². The van der Waals surface area contributed by atoms with E-state index in [1.165, 1.54) is 13.3 Å². The molecule has 3 amide bonds. The highest BCUT2D eigenvalue weighted by Gasteiger charge is 2.19. The molecule has 0 unspecified atom stereocenters. The number of benzene rings is 2. The van der Waals surface area contributed by atoms with Crippen molar-refractivity contribution < 1.29 is 28.6 Å². The van der Waals surface area contributed by atoms with Crippen molar-refractivity contribution in [3.8, 4) is 11.5 Å². The summed E-state index contributed by atoms with van der Waals surface area (Å²) >= 11 is 7.96. The summed E-state index contributed by atoms with van der Waals surface area (Å²) in [7, 11) is 1.46. The Morgan fingerprint density at radius 2 is 2.09 bits per heavy atom. The number of ether oxygens (including phenoxy) is 3. The van der Waals surface area contributed by atoms with Gasteiger partial charge in [0.05, 0.1) is 23.0 Å². The van der Waals surface area contributed by atoms with Gasteiger partial charge in [-0.3, -0.25) is 14.4 Å². The van der Waals surface area contributed by atoms with E-state index in [9.17, 15) is 14.4 Å². The standard InChI is InChI=1S/C23H24ClIN4O6/c1-33-19-9-14(11-27-29-23(32)22(31)26-12-17-6-3-7-34-17)8-18(25)21(19)35-13-20(30)28-16-5-2-4-15(24)10-16/h2,4-5,8-11,17H,3,6-7,12-13H2,1H3,(H,26,31)(H,28,30)(H,29,32)/b27-11-/t17-/m1/s1. The molecule has 35 heavy (non-hydrogen) atoms. The Labute approximate surface area is 220 Å². The van der Waals surface area contributed by atoms with Crippen molar-refractivity contribution in [3.05, 3.63) is 50.6 Å². The molecular formula is C23H24ClIN4O6. The molecule has 1 atom stereocenters. The highest BCUT2D eigenvalue weighted by Crippen LogP contribution is 2.33. The summed E-state index contributed by atoms with van der Waals surface area (Å²) in [4.78, 5) is 36.0. The number of halogens is 2. The number of hydrogen-bond acceptors (Lipinski definition) is 7. The summed E-state index contributed by atoms with van der Waals surface area (Å²) in [5.74, 6) is -1.29. The minimum absolute atomic E-state index is 0.0616. The van der Waals surface area contributed by atoms with E-state index in [0.29, 0.717) is 37.9 Å². The van der Waals surface area contributed by atoms with E-state index >= 15 is 0 Å². The van der Waals surface area contributed by atoms with Crippen LogP contribution < -0.4 is 25.5 Å². The quantitative estimate of drug-likeness (QED) is 0.173. The first-order valence-corrected chi connectivity index (χ1v) is 12.1. The van der Waals surface area contributed by atoms with Crippen LogP contribution in [0.3, 0.4) is 0 Å². The van der Waals surface area contributed by atoms with Crippen LogP contribution in [0.5, 0.6) is 11.5 Å². The fourth-order valence-corrected chi connectivity index (χ4v) is 4.14. The summed E-state index contributed by atoms with van der Waals surface area (Å²) < 4.78 is 17.1. The zero-order valence-corrected chi connectivity index (χ0v) is 21.7. The lowest BCUT2D eigenvalue weighted by atomic mass is 10.2. The third-order valence-electron chi connectivity index (χ3n) is 4.81. The van der Waals surface area contributed by atoms with Crippen LogP contribution in [0.15, 0.2) is 41.5 Å². The fourth-order valence-electron chi connectivity index (χ4n) is 3.16. The van der Waals surface area contributed by atoms with Gasteiger partial charge in [0.2, 0.25) is 0 Å². The van der Waals surface area contributed by atoms with Crippen LogP contribution in [0.2, 0.25) is 5.02 Å². The van der Waals surface area contributed by atoms with Gasteiger partial charge in [-0.2, -0.15) is 5.10 Å². The average Bonchev–Trinajstić information content (AvgIpc) is 3.35. The number of amides is 3. The minimum atomic E-state index is -0.883. The molecule has 0 bridgehead atoms. The molecule has 10 nitrogen and oxygen atoms in total. The van der Waals surface area contributed by atoms with Crippen molar-refractivity contribution in [1.29, 1.82) is 0 Å². The van der Waals surface area contributed by atoms with Crippen LogP contribution in [-0.4, -0.2) is 56.9 Å². The maximum atomic E-state index is 12.2. The van der Waals surface area contributed by atoms with Gasteiger partial charge in [-0.05, 0) is 71.3 Å². The molecule has 0 radical (unpaired) electrons. The number of carbonyl (C=O) groups excluding carboxylic acids is 3. The van der Waals surface area contributed by atoms with Crippen molar-refractivity contribution in [2.45, 2.75) is 18.9 Å². The van der Waals surface area contributed by atoms with Crippen molar-refractivity contribution in [3.63, 3.8) is 0 Å². The summed E-state index contributed by atoms with van der Waals surface area (Å²) in [5, 5.41) is 9.56. The predicted octanol–water partition coefficient (Wildman–Crippen LogP) is 2.72. The molecule has 0 aromatic heterocycles. The first-order valence-electron chi connectivity index (χ1n) is 10.6. The molecule has 186 valence electrons. The van der Waals surface area contributed by atoms with Crippen molar-refractivity contribution in [1.82, 2.24) is 10.7 Å². The maximum Gasteiger partial charge on any atom is 0.329 e. The van der Waals surface area contributed by atoms with Crippen molar-refractivity contribution >= 4 is 63.8 Å². The third kappa shape index (κ3) is 8.37. The molecule has 1 aliphatic rings. The normalized spacial score (nSPS) is 15.0. The average molecular weight is 615 g/mol. The Kier molecular flexibility index (Phi) is 10.1. The second-order valence-corrected chi connectivity index (χ2v) is 9.02. The molecular weight excluding hydrogens is 591 g/mol. The Morgan fingerprint density at radius 3 is 2.80 bits per heavy atom. The lowest BCUT2D eigenvalue weighted by Gasteiger charge is -2.13. The van der Waals surface area contributed by atoms with Gasteiger partial charge < -0.3 is 24.8 Å². The van der Waals surface area contributed by atoms with Crippen LogP contribution in [0.25, 0.3) is 0 Å². The Hall–Kier alpha value is -2.90. The second kappa shape index (κ2) is 13.3. The summed E-state index contributed by atoms with van der Waals surface area (Å²) in [6.45, 7) is 0.701. The summed E-state index contributed by atoms with van der Waals surface area (Å²) in [6, 6.07) is 10.1. The van der Waals surface area contributed by atoms with E-state index in [1.807, 2.05) is 22.6 Å². The molecule has 1 heterocycles. The van der Waals surface area contributed by atoms with E-state index in [2.05, 4.69) is 21.2 Å². The lowest BCUT2D eigenvalue weighted by Crippen LogP contribution is -2.41. The molecule has 1 aliphatic heterocycles. The van der Waals surface area contributed by atoms with Crippen LogP contribution in [-0.2, 0) is 19.1 Å². The number of nitrogens with zero attached hydrogens (tertiary/aromatic N) is 1. The van der Waals surface area contributed by atoms with Gasteiger partial charge in [0, 0.05) is 23.9 Å². The number of hydrogen-bond donors (Lipinski definition) is 3. The van der Waals surface area contributed by atoms with Gasteiger partial charge in [-0.25, -0.2) is 5.43 Å². The second-order valence-electron chi connectivity index (χ2n) is 7.43. The fraction of sp³-hybridized carbons (Fsp3) is 0.304. The van der Waals surface area contributed by atoms with Gasteiger partial charge in [0.15, 0.2) is 18.1 Å². The number of nitrogens with one attached hydrogen (secondary N) is 3. The van der Waals surface area contributed by atoms with Crippen LogP contribution >= 0.6 is 34.2 Å². The first kappa shape index (κ1) is 26.7. The van der Waals surface area contributed by atoms with Gasteiger partial charge in [0.1, 0.15) is 0 Å². The van der Waals surface area contributed by atoms with Crippen LogP contribution in [0.1, 0.15) is 18.4 Å². The van der Waals surface area contributed by atoms with E-state index in [4.69, 9.17) is 25.8 Å². The zero-order chi connectivity index (χ0) is 25.2. The SMILES string of the molecule is COc1cc(/C=N\NC(=O)C(=O)NC[C@H]2CCCO2)cc(I)c1OCC(=O)Nc1cccc(Cl)c1. The van der Waals surface area contributed by atoms with Gasteiger partial charge in [-0.1, -0.05) is 17.7 Å². The Balaban J connectivity index is 1.53. The summed E-state index contributed by atoms with van der Waals surface area (Å²) in [6.07, 6.45) is 3.10. The molecule has 12 heteroatoms. The Bertz CT molecular complexity index is 1110. The van der Waals surface area contributed by atoms with Crippen LogP contribution in [0, 0.1) is 3.57 Å². The zero-order valence-electron chi connectivity index (χ0n) is 18.8. The maximum absolute atomic E-state index is 12.2. The smallest absolute Gasteiger partial charge is 0.329 e. The number of anilines is 1. The van der Waals surface area contributed by atoms with Gasteiger partial charge in [-0.15, -0.1) is 0 Å². The number of carbonyl (C=O) groups is 3. The van der Waals surface area contributed by atoms with Gasteiger partial charge >= 0.3 is 11.8 Å². The number of methoxy groups -OCH3 is 1. The molecule has 0 aliphatic carbocycles. The molecule has 0 saturated carbocycles. The predicted molar refractivity (Wildman–Crippen MR) is 139 cm³/mol. The molecule has 2 aromatic carbocycles. The molecule has 2 aromatic rings.